The molecule has 0 radical (unpaired) electrons. The third-order valence-corrected chi connectivity index (χ3v) is 2.89. The van der Waals surface area contributed by atoms with Crippen LogP contribution in [-0.4, -0.2) is 36.9 Å². The highest BCUT2D eigenvalue weighted by molar-refractivity contribution is 5.76. The van der Waals surface area contributed by atoms with Gasteiger partial charge in [0.05, 0.1) is 6.10 Å². The lowest BCUT2D eigenvalue weighted by Crippen LogP contribution is -2.33. The van der Waals surface area contributed by atoms with E-state index >= 15 is 0 Å². The lowest BCUT2D eigenvalue weighted by molar-refractivity contribution is -0.121. The van der Waals surface area contributed by atoms with Gasteiger partial charge in [0.2, 0.25) is 5.91 Å². The molecule has 0 aromatic carbocycles. The Kier molecular flexibility index (Phi) is 5.65. The molecule has 2 N–H and O–H groups in total. The Balaban J connectivity index is 2.10. The fourth-order valence-corrected chi connectivity index (χ4v) is 1.98. The van der Waals surface area contributed by atoms with Gasteiger partial charge in [0.15, 0.2) is 0 Å². The standard InChI is InChI=1S/C11H21NO3/c1-15-10-6-5-9(8-10)12-11(14)4-2-3-7-13/h9-10,13H,2-8H2,1H3,(H,12,14). The van der Waals surface area contributed by atoms with Crippen LogP contribution in [0.4, 0.5) is 0 Å². The zero-order valence-electron chi connectivity index (χ0n) is 9.37. The van der Waals surface area contributed by atoms with Crippen molar-refractivity contribution in [2.75, 3.05) is 13.7 Å². The number of unbranched alkanes of at least 4 members (excludes halogenated alkanes) is 1. The van der Waals surface area contributed by atoms with Gasteiger partial charge >= 0.3 is 0 Å². The van der Waals surface area contributed by atoms with Crippen molar-refractivity contribution in [1.82, 2.24) is 5.32 Å². The van der Waals surface area contributed by atoms with E-state index in [4.69, 9.17) is 9.84 Å². The predicted octanol–water partition coefficient (Wildman–Crippen LogP) is 0.833. The molecule has 4 nitrogen and oxygen atoms in total. The zero-order valence-corrected chi connectivity index (χ0v) is 9.37. The molecule has 4 heteroatoms. The van der Waals surface area contributed by atoms with Gasteiger partial charge in [0.25, 0.3) is 0 Å². The maximum absolute atomic E-state index is 11.4. The van der Waals surface area contributed by atoms with Crippen LogP contribution in [0.15, 0.2) is 0 Å². The Morgan fingerprint density at radius 2 is 2.27 bits per heavy atom. The molecule has 2 atom stereocenters. The van der Waals surface area contributed by atoms with E-state index in [1.807, 2.05) is 0 Å². The Morgan fingerprint density at radius 3 is 2.87 bits per heavy atom. The topological polar surface area (TPSA) is 58.6 Å². The van der Waals surface area contributed by atoms with Crippen LogP contribution in [0.5, 0.6) is 0 Å². The third-order valence-electron chi connectivity index (χ3n) is 2.89. The molecular formula is C11H21NO3. The molecule has 1 aliphatic carbocycles. The van der Waals surface area contributed by atoms with Crippen molar-refractivity contribution in [1.29, 1.82) is 0 Å². The first-order valence-corrected chi connectivity index (χ1v) is 5.69. The van der Waals surface area contributed by atoms with E-state index in [0.29, 0.717) is 18.9 Å². The van der Waals surface area contributed by atoms with Crippen LogP contribution in [-0.2, 0) is 9.53 Å². The van der Waals surface area contributed by atoms with Gasteiger partial charge in [0, 0.05) is 26.2 Å². The minimum atomic E-state index is 0.102. The summed E-state index contributed by atoms with van der Waals surface area (Å²) in [5.41, 5.74) is 0. The molecule has 0 aromatic rings. The summed E-state index contributed by atoms with van der Waals surface area (Å²) in [6.45, 7) is 0.169. The molecule has 0 bridgehead atoms. The van der Waals surface area contributed by atoms with E-state index < -0.39 is 0 Å². The van der Waals surface area contributed by atoms with E-state index in [1.54, 1.807) is 7.11 Å². The number of nitrogens with one attached hydrogen (secondary N) is 1. The summed E-state index contributed by atoms with van der Waals surface area (Å²) in [7, 11) is 1.72. The summed E-state index contributed by atoms with van der Waals surface area (Å²) in [6, 6.07) is 0.288. The number of carbonyl (C=O) groups is 1. The summed E-state index contributed by atoms with van der Waals surface area (Å²) in [5, 5.41) is 11.6. The number of hydrogen-bond donors (Lipinski definition) is 2. The normalized spacial score (nSPS) is 25.5. The van der Waals surface area contributed by atoms with Crippen LogP contribution in [0.2, 0.25) is 0 Å². The van der Waals surface area contributed by atoms with Crippen molar-refractivity contribution in [3.8, 4) is 0 Å². The Hall–Kier alpha value is -0.610. The Morgan fingerprint density at radius 1 is 1.47 bits per heavy atom. The fraction of sp³-hybridized carbons (Fsp3) is 0.909. The summed E-state index contributed by atoms with van der Waals surface area (Å²) in [4.78, 5) is 11.4. The van der Waals surface area contributed by atoms with Gasteiger partial charge in [-0.1, -0.05) is 0 Å². The van der Waals surface area contributed by atoms with Crippen LogP contribution >= 0.6 is 0 Å². The lowest BCUT2D eigenvalue weighted by atomic mass is 10.2. The number of methoxy groups -OCH3 is 1. The molecule has 15 heavy (non-hydrogen) atoms. The molecule has 0 aromatic heterocycles. The van der Waals surface area contributed by atoms with Crippen molar-refractivity contribution >= 4 is 5.91 Å². The number of amides is 1. The lowest BCUT2D eigenvalue weighted by Gasteiger charge is -2.12. The number of carbonyl (C=O) groups excluding carboxylic acids is 1. The van der Waals surface area contributed by atoms with Crippen LogP contribution < -0.4 is 5.32 Å². The highest BCUT2D eigenvalue weighted by Crippen LogP contribution is 2.21. The summed E-state index contributed by atoms with van der Waals surface area (Å²) in [6.07, 6.45) is 5.30. The molecule has 1 amide bonds. The molecule has 1 fully saturated rings. The quantitative estimate of drug-likeness (QED) is 0.645. The maximum Gasteiger partial charge on any atom is 0.220 e. The molecule has 1 rings (SSSR count). The maximum atomic E-state index is 11.4. The molecule has 88 valence electrons. The van der Waals surface area contributed by atoms with Crippen molar-refractivity contribution in [3.05, 3.63) is 0 Å². The van der Waals surface area contributed by atoms with Gasteiger partial charge in [0.1, 0.15) is 0 Å². The second-order valence-electron chi connectivity index (χ2n) is 4.12. The van der Waals surface area contributed by atoms with Gasteiger partial charge in [-0.15, -0.1) is 0 Å². The fourth-order valence-electron chi connectivity index (χ4n) is 1.98. The van der Waals surface area contributed by atoms with Crippen molar-refractivity contribution in [3.63, 3.8) is 0 Å². The number of rotatable bonds is 6. The second-order valence-corrected chi connectivity index (χ2v) is 4.12. The van der Waals surface area contributed by atoms with E-state index in [0.717, 1.165) is 25.7 Å². The summed E-state index contributed by atoms with van der Waals surface area (Å²) >= 11 is 0. The van der Waals surface area contributed by atoms with Gasteiger partial charge in [-0.05, 0) is 32.1 Å². The number of ether oxygens (including phenoxy) is 1. The molecule has 2 unspecified atom stereocenters. The first-order valence-electron chi connectivity index (χ1n) is 5.69. The molecule has 0 aliphatic heterocycles. The van der Waals surface area contributed by atoms with Crippen LogP contribution in [0.25, 0.3) is 0 Å². The van der Waals surface area contributed by atoms with Crippen molar-refractivity contribution in [2.45, 2.75) is 50.7 Å². The van der Waals surface area contributed by atoms with E-state index in [-0.39, 0.29) is 18.6 Å². The summed E-state index contributed by atoms with van der Waals surface area (Å²) in [5.74, 6) is 0.102. The SMILES string of the molecule is COC1CCC(NC(=O)CCCCO)C1. The second kappa shape index (κ2) is 6.80. The first-order chi connectivity index (χ1) is 7.26. The van der Waals surface area contributed by atoms with Crippen LogP contribution in [0.1, 0.15) is 38.5 Å². The average molecular weight is 215 g/mol. The van der Waals surface area contributed by atoms with Crippen molar-refractivity contribution < 1.29 is 14.6 Å². The highest BCUT2D eigenvalue weighted by Gasteiger charge is 2.25. The first kappa shape index (κ1) is 12.5. The van der Waals surface area contributed by atoms with Gasteiger partial charge in [-0.2, -0.15) is 0 Å². The number of hydrogen-bond acceptors (Lipinski definition) is 3. The van der Waals surface area contributed by atoms with Gasteiger partial charge in [-0.3, -0.25) is 4.79 Å². The average Bonchev–Trinajstić information content (AvgIpc) is 2.66. The van der Waals surface area contributed by atoms with Gasteiger partial charge < -0.3 is 15.2 Å². The molecule has 0 heterocycles. The van der Waals surface area contributed by atoms with Gasteiger partial charge in [-0.25, -0.2) is 0 Å². The predicted molar refractivity (Wildman–Crippen MR) is 57.5 cm³/mol. The van der Waals surface area contributed by atoms with E-state index in [2.05, 4.69) is 5.32 Å². The number of aliphatic hydroxyl groups is 1. The minimum Gasteiger partial charge on any atom is -0.396 e. The van der Waals surface area contributed by atoms with E-state index in [9.17, 15) is 4.79 Å². The highest BCUT2D eigenvalue weighted by atomic mass is 16.5. The number of aliphatic hydroxyl groups excluding tert-OH is 1. The van der Waals surface area contributed by atoms with Crippen LogP contribution in [0, 0.1) is 0 Å². The Labute approximate surface area is 91.0 Å². The largest absolute Gasteiger partial charge is 0.396 e. The third kappa shape index (κ3) is 4.62. The zero-order chi connectivity index (χ0) is 11.1. The molecule has 0 spiro atoms. The van der Waals surface area contributed by atoms with Crippen LogP contribution in [0.3, 0.4) is 0 Å². The summed E-state index contributed by atoms with van der Waals surface area (Å²) < 4.78 is 5.24. The van der Waals surface area contributed by atoms with Crippen molar-refractivity contribution in [2.24, 2.45) is 0 Å². The molecule has 1 aliphatic rings. The molecule has 0 saturated heterocycles. The smallest absolute Gasteiger partial charge is 0.220 e. The molecule has 1 saturated carbocycles. The monoisotopic (exact) mass is 215 g/mol. The van der Waals surface area contributed by atoms with E-state index in [1.165, 1.54) is 0 Å². The molecular weight excluding hydrogens is 194 g/mol. The minimum absolute atomic E-state index is 0.102. The Bertz CT molecular complexity index is 196.